The van der Waals surface area contributed by atoms with Crippen molar-refractivity contribution < 1.29 is 14.2 Å². The third-order valence-electron chi connectivity index (χ3n) is 3.39. The van der Waals surface area contributed by atoms with Crippen LogP contribution in [-0.4, -0.2) is 19.8 Å². The van der Waals surface area contributed by atoms with Crippen molar-refractivity contribution in [3.05, 3.63) is 52.0 Å². The Morgan fingerprint density at radius 1 is 0.958 bits per heavy atom. The first-order valence-corrected chi connectivity index (χ1v) is 8.12. The molecule has 0 fully saturated rings. The largest absolute Gasteiger partial charge is 0.490 e. The Kier molecular flexibility index (Phi) is 6.34. The number of nitriles is 1. The molecule has 126 valence electrons. The number of rotatable bonds is 7. The van der Waals surface area contributed by atoms with Gasteiger partial charge < -0.3 is 14.2 Å². The Hall–Kier alpha value is -2.38. The van der Waals surface area contributed by atoms with Crippen molar-refractivity contribution in [1.29, 1.82) is 5.26 Å². The predicted octanol–water partition coefficient (Wildman–Crippen LogP) is 4.69. The van der Waals surface area contributed by atoms with Gasteiger partial charge in [0.15, 0.2) is 11.5 Å². The van der Waals surface area contributed by atoms with Crippen molar-refractivity contribution in [2.45, 2.75) is 20.8 Å². The molecule has 0 unspecified atom stereocenters. The minimum absolute atomic E-state index is 0.368. The molecule has 0 heterocycles. The van der Waals surface area contributed by atoms with Crippen LogP contribution in [0.1, 0.15) is 23.6 Å². The van der Waals surface area contributed by atoms with E-state index < -0.39 is 0 Å². The minimum atomic E-state index is 0.368. The van der Waals surface area contributed by atoms with E-state index in [1.54, 1.807) is 18.2 Å². The molecule has 0 aliphatic rings. The van der Waals surface area contributed by atoms with Crippen LogP contribution in [0.25, 0.3) is 0 Å². The van der Waals surface area contributed by atoms with Crippen molar-refractivity contribution in [2.24, 2.45) is 0 Å². The topological polar surface area (TPSA) is 51.5 Å². The molecule has 0 bridgehead atoms. The number of hydrogen-bond donors (Lipinski definition) is 0. The van der Waals surface area contributed by atoms with Crippen LogP contribution in [0.5, 0.6) is 17.2 Å². The van der Waals surface area contributed by atoms with Crippen molar-refractivity contribution in [3.63, 3.8) is 0 Å². The van der Waals surface area contributed by atoms with E-state index >= 15 is 0 Å². The highest BCUT2D eigenvalue weighted by molar-refractivity contribution is 6.32. The van der Waals surface area contributed by atoms with E-state index in [2.05, 4.69) is 6.07 Å². The molecule has 0 saturated heterocycles. The van der Waals surface area contributed by atoms with Crippen molar-refractivity contribution in [2.75, 3.05) is 19.8 Å². The summed E-state index contributed by atoms with van der Waals surface area (Å²) in [6.45, 7) is 7.05. The first-order chi connectivity index (χ1) is 11.5. The summed E-state index contributed by atoms with van der Waals surface area (Å²) in [5.74, 6) is 1.93. The molecule has 0 radical (unpaired) electrons. The molecule has 2 aromatic carbocycles. The smallest absolute Gasteiger partial charge is 0.162 e. The molecule has 0 aliphatic carbocycles. The van der Waals surface area contributed by atoms with E-state index in [0.717, 1.165) is 21.9 Å². The van der Waals surface area contributed by atoms with Crippen LogP contribution >= 0.6 is 11.6 Å². The molecule has 0 saturated carbocycles. The summed E-state index contributed by atoms with van der Waals surface area (Å²) >= 11 is 6.15. The molecule has 5 heteroatoms. The van der Waals surface area contributed by atoms with Gasteiger partial charge in [0.1, 0.15) is 19.0 Å². The summed E-state index contributed by atoms with van der Waals surface area (Å²) in [4.78, 5) is 0. The molecule has 0 amide bonds. The number of hydrogen-bond acceptors (Lipinski definition) is 4. The monoisotopic (exact) mass is 345 g/mol. The molecule has 0 spiro atoms. The highest BCUT2D eigenvalue weighted by Gasteiger charge is 2.07. The second kappa shape index (κ2) is 8.47. The number of halogens is 1. The fourth-order valence-electron chi connectivity index (χ4n) is 2.27. The van der Waals surface area contributed by atoms with Crippen LogP contribution in [-0.2, 0) is 0 Å². The first-order valence-electron chi connectivity index (χ1n) is 7.74. The van der Waals surface area contributed by atoms with Gasteiger partial charge in [-0.25, -0.2) is 0 Å². The molecule has 2 rings (SSSR count). The number of ether oxygens (including phenoxy) is 3. The van der Waals surface area contributed by atoms with E-state index in [-0.39, 0.29) is 0 Å². The van der Waals surface area contributed by atoms with Crippen molar-refractivity contribution >= 4 is 11.6 Å². The molecule has 4 nitrogen and oxygen atoms in total. The van der Waals surface area contributed by atoms with Crippen LogP contribution in [0.2, 0.25) is 5.02 Å². The first kappa shape index (κ1) is 18.0. The third-order valence-corrected chi connectivity index (χ3v) is 3.99. The van der Waals surface area contributed by atoms with Crippen LogP contribution in [0.15, 0.2) is 30.3 Å². The molecule has 0 aliphatic heterocycles. The van der Waals surface area contributed by atoms with Gasteiger partial charge in [-0.1, -0.05) is 11.6 Å². The van der Waals surface area contributed by atoms with Gasteiger partial charge in [-0.05, 0) is 56.2 Å². The standard InChI is InChI=1S/C19H20ClNO3/c1-4-22-18-11-15(12-21)5-6-17(18)24-8-7-23-16-9-13(2)19(20)14(3)10-16/h5-6,9-11H,4,7-8H2,1-3H3. The zero-order valence-electron chi connectivity index (χ0n) is 14.1. The second-order valence-electron chi connectivity index (χ2n) is 5.27. The lowest BCUT2D eigenvalue weighted by Crippen LogP contribution is -2.10. The average Bonchev–Trinajstić information content (AvgIpc) is 2.57. The Balaban J connectivity index is 1.94. The zero-order valence-corrected chi connectivity index (χ0v) is 14.8. The number of aryl methyl sites for hydroxylation is 2. The molecular weight excluding hydrogens is 326 g/mol. The maximum atomic E-state index is 8.95. The van der Waals surface area contributed by atoms with E-state index in [4.69, 9.17) is 31.1 Å². The number of nitrogens with zero attached hydrogens (tertiary/aromatic N) is 1. The van der Waals surface area contributed by atoms with E-state index in [0.29, 0.717) is 36.9 Å². The summed E-state index contributed by atoms with van der Waals surface area (Å²) in [5, 5.41) is 9.71. The van der Waals surface area contributed by atoms with Crippen molar-refractivity contribution in [1.82, 2.24) is 0 Å². The maximum Gasteiger partial charge on any atom is 0.162 e. The van der Waals surface area contributed by atoms with Gasteiger partial charge in [0, 0.05) is 11.1 Å². The lowest BCUT2D eigenvalue weighted by Gasteiger charge is -2.13. The summed E-state index contributed by atoms with van der Waals surface area (Å²) in [7, 11) is 0. The predicted molar refractivity (Wildman–Crippen MR) is 94.2 cm³/mol. The van der Waals surface area contributed by atoms with Crippen LogP contribution in [0.3, 0.4) is 0 Å². The van der Waals surface area contributed by atoms with Crippen LogP contribution in [0, 0.1) is 25.2 Å². The SMILES string of the molecule is CCOc1cc(C#N)ccc1OCCOc1cc(C)c(Cl)c(C)c1. The van der Waals surface area contributed by atoms with Crippen molar-refractivity contribution in [3.8, 4) is 23.3 Å². The summed E-state index contributed by atoms with van der Waals surface area (Å²) in [6, 6.07) is 11.0. The molecule has 0 atom stereocenters. The molecule has 0 aromatic heterocycles. The fraction of sp³-hybridized carbons (Fsp3) is 0.316. The van der Waals surface area contributed by atoms with Gasteiger partial charge in [0.05, 0.1) is 18.2 Å². The van der Waals surface area contributed by atoms with Gasteiger partial charge in [-0.15, -0.1) is 0 Å². The Bertz CT molecular complexity index is 730. The van der Waals surface area contributed by atoms with E-state index in [9.17, 15) is 0 Å². The summed E-state index contributed by atoms with van der Waals surface area (Å²) in [5.41, 5.74) is 2.51. The van der Waals surface area contributed by atoms with E-state index in [1.165, 1.54) is 0 Å². The lowest BCUT2D eigenvalue weighted by molar-refractivity contribution is 0.208. The molecule has 2 aromatic rings. The van der Waals surface area contributed by atoms with Crippen LogP contribution in [0.4, 0.5) is 0 Å². The molecular formula is C19H20ClNO3. The third kappa shape index (κ3) is 4.56. The van der Waals surface area contributed by atoms with Gasteiger partial charge in [0.25, 0.3) is 0 Å². The van der Waals surface area contributed by atoms with Gasteiger partial charge in [-0.2, -0.15) is 5.26 Å². The Morgan fingerprint density at radius 3 is 2.25 bits per heavy atom. The lowest BCUT2D eigenvalue weighted by atomic mass is 10.1. The average molecular weight is 346 g/mol. The highest BCUT2D eigenvalue weighted by atomic mass is 35.5. The second-order valence-corrected chi connectivity index (χ2v) is 5.65. The summed E-state index contributed by atoms with van der Waals surface area (Å²) in [6.07, 6.45) is 0. The highest BCUT2D eigenvalue weighted by Crippen LogP contribution is 2.29. The molecule has 24 heavy (non-hydrogen) atoms. The van der Waals surface area contributed by atoms with E-state index in [1.807, 2.05) is 32.9 Å². The van der Waals surface area contributed by atoms with Gasteiger partial charge in [0.2, 0.25) is 0 Å². The maximum absolute atomic E-state index is 8.95. The molecule has 0 N–H and O–H groups in total. The number of benzene rings is 2. The minimum Gasteiger partial charge on any atom is -0.490 e. The Labute approximate surface area is 147 Å². The Morgan fingerprint density at radius 2 is 1.62 bits per heavy atom. The zero-order chi connectivity index (χ0) is 17.5. The quantitative estimate of drug-likeness (QED) is 0.683. The van der Waals surface area contributed by atoms with Gasteiger partial charge >= 0.3 is 0 Å². The fourth-order valence-corrected chi connectivity index (χ4v) is 2.37. The van der Waals surface area contributed by atoms with Crippen LogP contribution < -0.4 is 14.2 Å². The normalized spacial score (nSPS) is 10.1. The summed E-state index contributed by atoms with van der Waals surface area (Å²) < 4.78 is 16.9. The van der Waals surface area contributed by atoms with Gasteiger partial charge in [-0.3, -0.25) is 0 Å².